The molecule has 1 aliphatic heterocycles. The van der Waals surface area contributed by atoms with Crippen LogP contribution in [0.15, 0.2) is 6.07 Å². The quantitative estimate of drug-likeness (QED) is 0.578. The number of rotatable bonds is 5. The van der Waals surface area contributed by atoms with Crippen LogP contribution >= 0.6 is 11.3 Å². The van der Waals surface area contributed by atoms with E-state index in [0.29, 0.717) is 11.9 Å². The summed E-state index contributed by atoms with van der Waals surface area (Å²) < 4.78 is 5.39. The van der Waals surface area contributed by atoms with Gasteiger partial charge in [-0.25, -0.2) is 10.8 Å². The summed E-state index contributed by atoms with van der Waals surface area (Å²) in [6, 6.07) is 2.11. The van der Waals surface area contributed by atoms with Gasteiger partial charge in [-0.3, -0.25) is 5.43 Å². The van der Waals surface area contributed by atoms with Gasteiger partial charge < -0.3 is 10.1 Å². The number of ether oxygens (including phenoxy) is 1. The third kappa shape index (κ3) is 2.84. The first-order valence-corrected chi connectivity index (χ1v) is 7.64. The SMILES string of the molecule is Cc1cc2c(NCCC3CCOC3)nc(NN)nc2s1. The third-order valence-corrected chi connectivity index (χ3v) is 4.46. The molecule has 20 heavy (non-hydrogen) atoms. The Bertz CT molecular complexity index is 594. The summed E-state index contributed by atoms with van der Waals surface area (Å²) in [4.78, 5) is 11.0. The van der Waals surface area contributed by atoms with E-state index in [1.165, 1.54) is 4.88 Å². The van der Waals surface area contributed by atoms with Gasteiger partial charge in [0.2, 0.25) is 5.95 Å². The second-order valence-electron chi connectivity index (χ2n) is 5.06. The van der Waals surface area contributed by atoms with Crippen LogP contribution in [0.5, 0.6) is 0 Å². The number of hydrogen-bond acceptors (Lipinski definition) is 7. The van der Waals surface area contributed by atoms with E-state index in [0.717, 1.165) is 48.6 Å². The fourth-order valence-electron chi connectivity index (χ4n) is 2.45. The zero-order valence-corrected chi connectivity index (χ0v) is 12.3. The zero-order chi connectivity index (χ0) is 13.9. The summed E-state index contributed by atoms with van der Waals surface area (Å²) in [5.41, 5.74) is 2.52. The van der Waals surface area contributed by atoms with Gasteiger partial charge >= 0.3 is 0 Å². The molecule has 0 aliphatic carbocycles. The van der Waals surface area contributed by atoms with E-state index >= 15 is 0 Å². The Hall–Kier alpha value is -1.44. The van der Waals surface area contributed by atoms with Crippen LogP contribution in [0.4, 0.5) is 11.8 Å². The number of thiophene rings is 1. The van der Waals surface area contributed by atoms with E-state index in [9.17, 15) is 0 Å². The van der Waals surface area contributed by atoms with Crippen molar-refractivity contribution in [1.82, 2.24) is 9.97 Å². The standard InChI is InChI=1S/C13H19N5OS/c1-8-6-10-11(15-4-2-9-3-5-19-7-9)16-13(18-14)17-12(10)20-8/h6,9H,2-5,7,14H2,1H3,(H2,15,16,17,18). The van der Waals surface area contributed by atoms with Crippen molar-refractivity contribution in [2.45, 2.75) is 19.8 Å². The summed E-state index contributed by atoms with van der Waals surface area (Å²) in [6.45, 7) is 4.74. The minimum Gasteiger partial charge on any atom is -0.381 e. The number of nitrogens with two attached hydrogens (primary N) is 1. The van der Waals surface area contributed by atoms with Crippen molar-refractivity contribution >= 4 is 33.3 Å². The summed E-state index contributed by atoms with van der Waals surface area (Å²) in [5.74, 6) is 7.40. The molecule has 4 N–H and O–H groups in total. The molecule has 2 aromatic heterocycles. The van der Waals surface area contributed by atoms with Gasteiger partial charge in [-0.15, -0.1) is 11.3 Å². The van der Waals surface area contributed by atoms with Crippen molar-refractivity contribution in [3.63, 3.8) is 0 Å². The van der Waals surface area contributed by atoms with Crippen LogP contribution in [-0.4, -0.2) is 29.7 Å². The maximum atomic E-state index is 5.43. The topological polar surface area (TPSA) is 85.1 Å². The van der Waals surface area contributed by atoms with Gasteiger partial charge in [-0.1, -0.05) is 0 Å². The third-order valence-electron chi connectivity index (χ3n) is 3.51. The molecule has 0 bridgehead atoms. The molecule has 3 heterocycles. The summed E-state index contributed by atoms with van der Waals surface area (Å²) in [7, 11) is 0. The molecule has 6 nitrogen and oxygen atoms in total. The van der Waals surface area contributed by atoms with Gasteiger partial charge in [0.15, 0.2) is 0 Å². The highest BCUT2D eigenvalue weighted by molar-refractivity contribution is 7.18. The van der Waals surface area contributed by atoms with Gasteiger partial charge in [0.25, 0.3) is 0 Å². The normalized spacial score (nSPS) is 18.6. The Morgan fingerprint density at radius 1 is 1.50 bits per heavy atom. The molecule has 1 aliphatic rings. The lowest BCUT2D eigenvalue weighted by atomic mass is 10.1. The van der Waals surface area contributed by atoms with Gasteiger partial charge in [0.05, 0.1) is 5.39 Å². The molecular weight excluding hydrogens is 274 g/mol. The lowest BCUT2D eigenvalue weighted by Gasteiger charge is -2.10. The van der Waals surface area contributed by atoms with E-state index in [1.54, 1.807) is 11.3 Å². The number of fused-ring (bicyclic) bond motifs is 1. The number of aromatic nitrogens is 2. The molecule has 0 radical (unpaired) electrons. The maximum Gasteiger partial charge on any atom is 0.240 e. The van der Waals surface area contributed by atoms with Crippen LogP contribution in [0.25, 0.3) is 10.2 Å². The number of nitrogens with one attached hydrogen (secondary N) is 2. The molecule has 1 unspecified atom stereocenters. The monoisotopic (exact) mass is 293 g/mol. The molecule has 0 spiro atoms. The average Bonchev–Trinajstić information content (AvgIpc) is 3.06. The molecule has 0 saturated carbocycles. The van der Waals surface area contributed by atoms with Crippen molar-refractivity contribution in [2.75, 3.05) is 30.5 Å². The average molecular weight is 293 g/mol. The van der Waals surface area contributed by atoms with Crippen LogP contribution in [0.3, 0.4) is 0 Å². The van der Waals surface area contributed by atoms with Crippen LogP contribution in [0.2, 0.25) is 0 Å². The predicted molar refractivity (Wildman–Crippen MR) is 82.0 cm³/mol. The van der Waals surface area contributed by atoms with E-state index in [4.69, 9.17) is 10.6 Å². The molecule has 7 heteroatoms. The van der Waals surface area contributed by atoms with E-state index in [-0.39, 0.29) is 0 Å². The lowest BCUT2D eigenvalue weighted by molar-refractivity contribution is 0.185. The van der Waals surface area contributed by atoms with Crippen molar-refractivity contribution in [3.05, 3.63) is 10.9 Å². The second kappa shape index (κ2) is 5.90. The Kier molecular flexibility index (Phi) is 4.00. The molecule has 108 valence electrons. The first-order valence-electron chi connectivity index (χ1n) is 6.82. The minimum atomic E-state index is 0.450. The fraction of sp³-hybridized carbons (Fsp3) is 0.538. The smallest absolute Gasteiger partial charge is 0.240 e. The van der Waals surface area contributed by atoms with Crippen molar-refractivity contribution in [3.8, 4) is 0 Å². The Labute approximate surface area is 121 Å². The van der Waals surface area contributed by atoms with Crippen molar-refractivity contribution in [2.24, 2.45) is 11.8 Å². The first-order chi connectivity index (χ1) is 9.76. The first kappa shape index (κ1) is 13.5. The van der Waals surface area contributed by atoms with Gasteiger partial charge in [0, 0.05) is 24.6 Å². The zero-order valence-electron chi connectivity index (χ0n) is 11.5. The summed E-state index contributed by atoms with van der Waals surface area (Å²) >= 11 is 1.65. The minimum absolute atomic E-state index is 0.450. The summed E-state index contributed by atoms with van der Waals surface area (Å²) in [6.07, 6.45) is 2.26. The summed E-state index contributed by atoms with van der Waals surface area (Å²) in [5, 5.41) is 4.47. The van der Waals surface area contributed by atoms with Crippen LogP contribution < -0.4 is 16.6 Å². The highest BCUT2D eigenvalue weighted by atomic mass is 32.1. The van der Waals surface area contributed by atoms with Crippen LogP contribution in [0.1, 0.15) is 17.7 Å². The molecule has 2 aromatic rings. The van der Waals surface area contributed by atoms with Crippen LogP contribution in [-0.2, 0) is 4.74 Å². The Morgan fingerprint density at radius 2 is 2.40 bits per heavy atom. The number of nitrogen functional groups attached to an aromatic ring is 1. The molecule has 1 atom stereocenters. The van der Waals surface area contributed by atoms with E-state index in [2.05, 4.69) is 33.7 Å². The van der Waals surface area contributed by atoms with Gasteiger partial charge in [-0.2, -0.15) is 4.98 Å². The van der Waals surface area contributed by atoms with E-state index in [1.807, 2.05) is 0 Å². The molecule has 3 rings (SSSR count). The number of anilines is 2. The van der Waals surface area contributed by atoms with E-state index < -0.39 is 0 Å². The van der Waals surface area contributed by atoms with Crippen molar-refractivity contribution < 1.29 is 4.74 Å². The Balaban J connectivity index is 1.74. The number of hydrogen-bond donors (Lipinski definition) is 3. The largest absolute Gasteiger partial charge is 0.381 e. The lowest BCUT2D eigenvalue weighted by Crippen LogP contribution is -2.13. The molecule has 0 aromatic carbocycles. The molecule has 1 fully saturated rings. The molecule has 1 saturated heterocycles. The Morgan fingerprint density at radius 3 is 3.15 bits per heavy atom. The number of aryl methyl sites for hydroxylation is 1. The fourth-order valence-corrected chi connectivity index (χ4v) is 3.33. The maximum absolute atomic E-state index is 5.43. The second-order valence-corrected chi connectivity index (χ2v) is 6.30. The van der Waals surface area contributed by atoms with Gasteiger partial charge in [-0.05, 0) is 31.7 Å². The highest BCUT2D eigenvalue weighted by Crippen LogP contribution is 2.29. The number of hydrazine groups is 1. The van der Waals surface area contributed by atoms with Crippen molar-refractivity contribution in [1.29, 1.82) is 0 Å². The number of nitrogens with zero attached hydrogens (tertiary/aromatic N) is 2. The van der Waals surface area contributed by atoms with Crippen LogP contribution in [0, 0.1) is 12.8 Å². The highest BCUT2D eigenvalue weighted by Gasteiger charge is 2.15. The van der Waals surface area contributed by atoms with Gasteiger partial charge in [0.1, 0.15) is 10.6 Å². The predicted octanol–water partition coefficient (Wildman–Crippen LogP) is 2.12. The molecular formula is C13H19N5OS. The molecule has 0 amide bonds.